The highest BCUT2D eigenvalue weighted by atomic mass is 79.9. The van der Waals surface area contributed by atoms with E-state index < -0.39 is 11.9 Å². The number of imide groups is 1. The van der Waals surface area contributed by atoms with Gasteiger partial charge in [0, 0.05) is 8.95 Å². The van der Waals surface area contributed by atoms with Gasteiger partial charge in [-0.15, -0.1) is 11.6 Å². The highest BCUT2D eigenvalue weighted by Crippen LogP contribution is 2.25. The van der Waals surface area contributed by atoms with Gasteiger partial charge in [0.15, 0.2) is 0 Å². The van der Waals surface area contributed by atoms with Gasteiger partial charge in [-0.1, -0.05) is 15.9 Å². The van der Waals surface area contributed by atoms with Crippen LogP contribution in [0.25, 0.3) is 0 Å². The van der Waals surface area contributed by atoms with Crippen molar-refractivity contribution in [1.29, 1.82) is 0 Å². The highest BCUT2D eigenvalue weighted by molar-refractivity contribution is 9.11. The van der Waals surface area contributed by atoms with E-state index in [9.17, 15) is 9.59 Å². The molecule has 0 spiro atoms. The minimum Gasteiger partial charge on any atom is -0.306 e. The van der Waals surface area contributed by atoms with Gasteiger partial charge >= 0.3 is 6.03 Å². The van der Waals surface area contributed by atoms with Gasteiger partial charge in [-0.25, -0.2) is 4.79 Å². The highest BCUT2D eigenvalue weighted by Gasteiger charge is 2.08. The first-order valence-electron chi connectivity index (χ1n) is 4.15. The maximum atomic E-state index is 11.3. The van der Waals surface area contributed by atoms with Crippen LogP contribution in [0.4, 0.5) is 10.5 Å². The molecule has 1 aromatic carbocycles. The first kappa shape index (κ1) is 13.5. The number of urea groups is 1. The fourth-order valence-corrected chi connectivity index (χ4v) is 1.68. The number of hydrogen-bond donors (Lipinski definition) is 2. The average Bonchev–Trinajstić information content (AvgIpc) is 2.23. The molecule has 0 atom stereocenters. The summed E-state index contributed by atoms with van der Waals surface area (Å²) in [6, 6.07) is 4.67. The lowest BCUT2D eigenvalue weighted by Crippen LogP contribution is -2.35. The third-order valence-corrected chi connectivity index (χ3v) is 2.98. The lowest BCUT2D eigenvalue weighted by atomic mass is 10.3. The van der Waals surface area contributed by atoms with E-state index in [4.69, 9.17) is 11.6 Å². The second kappa shape index (κ2) is 6.22. The van der Waals surface area contributed by atoms with E-state index in [-0.39, 0.29) is 5.88 Å². The molecule has 0 radical (unpaired) electrons. The van der Waals surface area contributed by atoms with E-state index in [1.807, 2.05) is 6.07 Å². The Kier molecular flexibility index (Phi) is 5.24. The van der Waals surface area contributed by atoms with Gasteiger partial charge in [-0.3, -0.25) is 10.1 Å². The Hall–Kier alpha value is -0.590. The Balaban J connectivity index is 2.69. The number of amides is 3. The number of anilines is 1. The minimum atomic E-state index is -0.621. The van der Waals surface area contributed by atoms with Crippen LogP contribution in [0, 0.1) is 0 Å². The SMILES string of the molecule is O=C(CCl)NC(=O)Nc1cc(Br)ccc1Br. The number of alkyl halides is 1. The standard InChI is InChI=1S/C9H7Br2ClN2O2/c10-5-1-2-6(11)7(3-5)13-9(16)14-8(15)4-12/h1-3H,4H2,(H2,13,14,15,16). The lowest BCUT2D eigenvalue weighted by molar-refractivity contribution is -0.117. The van der Waals surface area contributed by atoms with Crippen LogP contribution < -0.4 is 10.6 Å². The van der Waals surface area contributed by atoms with E-state index in [2.05, 4.69) is 42.5 Å². The van der Waals surface area contributed by atoms with Gasteiger partial charge in [-0.2, -0.15) is 0 Å². The third-order valence-electron chi connectivity index (χ3n) is 1.55. The first-order chi connectivity index (χ1) is 7.52. The monoisotopic (exact) mass is 368 g/mol. The summed E-state index contributed by atoms with van der Waals surface area (Å²) in [7, 11) is 0. The second-order valence-electron chi connectivity index (χ2n) is 2.76. The molecule has 1 aromatic rings. The Bertz CT molecular complexity index is 426. The quantitative estimate of drug-likeness (QED) is 0.786. The Morgan fingerprint density at radius 3 is 2.62 bits per heavy atom. The zero-order chi connectivity index (χ0) is 12.1. The molecule has 0 bridgehead atoms. The smallest absolute Gasteiger partial charge is 0.306 e. The van der Waals surface area contributed by atoms with Crippen LogP contribution in [0.3, 0.4) is 0 Å². The number of nitrogens with one attached hydrogen (secondary N) is 2. The van der Waals surface area contributed by atoms with E-state index >= 15 is 0 Å². The van der Waals surface area contributed by atoms with Crippen LogP contribution in [0.2, 0.25) is 0 Å². The van der Waals surface area contributed by atoms with Crippen LogP contribution in [0.15, 0.2) is 27.1 Å². The fourth-order valence-electron chi connectivity index (χ4n) is 0.907. The molecule has 0 aliphatic heterocycles. The topological polar surface area (TPSA) is 58.2 Å². The average molecular weight is 370 g/mol. The summed E-state index contributed by atoms with van der Waals surface area (Å²) in [6.45, 7) is 0. The van der Waals surface area contributed by atoms with Crippen LogP contribution in [0.5, 0.6) is 0 Å². The van der Waals surface area contributed by atoms with Crippen molar-refractivity contribution in [2.24, 2.45) is 0 Å². The molecule has 0 saturated carbocycles. The van der Waals surface area contributed by atoms with Crippen molar-refractivity contribution in [2.75, 3.05) is 11.2 Å². The van der Waals surface area contributed by atoms with Crippen molar-refractivity contribution in [3.8, 4) is 0 Å². The molecule has 86 valence electrons. The van der Waals surface area contributed by atoms with Crippen molar-refractivity contribution < 1.29 is 9.59 Å². The summed E-state index contributed by atoms with van der Waals surface area (Å²) in [5.41, 5.74) is 0.550. The van der Waals surface area contributed by atoms with Crippen molar-refractivity contribution in [3.05, 3.63) is 27.1 Å². The van der Waals surface area contributed by atoms with Gasteiger partial charge in [0.2, 0.25) is 5.91 Å². The zero-order valence-electron chi connectivity index (χ0n) is 7.89. The molecule has 0 aliphatic rings. The fraction of sp³-hybridized carbons (Fsp3) is 0.111. The van der Waals surface area contributed by atoms with Gasteiger partial charge in [0.05, 0.1) is 5.69 Å². The Morgan fingerprint density at radius 1 is 1.31 bits per heavy atom. The van der Waals surface area contributed by atoms with Gasteiger partial charge in [-0.05, 0) is 34.1 Å². The number of halogens is 3. The Labute approximate surface area is 114 Å². The maximum Gasteiger partial charge on any atom is 0.325 e. The second-order valence-corrected chi connectivity index (χ2v) is 4.80. The molecule has 1 rings (SSSR count). The molecule has 2 N–H and O–H groups in total. The van der Waals surface area contributed by atoms with Crippen molar-refractivity contribution in [3.63, 3.8) is 0 Å². The molecule has 0 saturated heterocycles. The van der Waals surface area contributed by atoms with Crippen molar-refractivity contribution >= 4 is 61.1 Å². The summed E-state index contributed by atoms with van der Waals surface area (Å²) >= 11 is 11.8. The molecule has 16 heavy (non-hydrogen) atoms. The van der Waals surface area contributed by atoms with Crippen LogP contribution >= 0.6 is 43.5 Å². The van der Waals surface area contributed by atoms with E-state index in [1.165, 1.54) is 0 Å². The lowest BCUT2D eigenvalue weighted by Gasteiger charge is -2.07. The normalized spacial score (nSPS) is 9.69. The van der Waals surface area contributed by atoms with Crippen LogP contribution in [-0.4, -0.2) is 17.8 Å². The van der Waals surface area contributed by atoms with Crippen LogP contribution in [0.1, 0.15) is 0 Å². The molecule has 4 nitrogen and oxygen atoms in total. The summed E-state index contributed by atoms with van der Waals surface area (Å²) < 4.78 is 1.53. The maximum absolute atomic E-state index is 11.3. The van der Waals surface area contributed by atoms with E-state index in [1.54, 1.807) is 12.1 Å². The van der Waals surface area contributed by atoms with Crippen molar-refractivity contribution in [1.82, 2.24) is 5.32 Å². The molecule has 3 amide bonds. The predicted molar refractivity (Wildman–Crippen MR) is 69.7 cm³/mol. The summed E-state index contributed by atoms with van der Waals surface area (Å²) in [5, 5.41) is 4.58. The summed E-state index contributed by atoms with van der Waals surface area (Å²) in [6.07, 6.45) is 0. The molecule has 0 fully saturated rings. The molecule has 0 heterocycles. The van der Waals surface area contributed by atoms with Crippen molar-refractivity contribution in [2.45, 2.75) is 0 Å². The first-order valence-corrected chi connectivity index (χ1v) is 6.27. The molecular weight excluding hydrogens is 363 g/mol. The largest absolute Gasteiger partial charge is 0.325 e. The number of carbonyl (C=O) groups excluding carboxylic acids is 2. The molecule has 0 aromatic heterocycles. The molecular formula is C9H7Br2ClN2O2. The van der Waals surface area contributed by atoms with Crippen LogP contribution in [-0.2, 0) is 4.79 Å². The molecule has 7 heteroatoms. The Morgan fingerprint density at radius 2 is 2.00 bits per heavy atom. The summed E-state index contributed by atoms with van der Waals surface area (Å²) in [4.78, 5) is 22.1. The predicted octanol–water partition coefficient (Wildman–Crippen LogP) is 3.10. The van der Waals surface area contributed by atoms with E-state index in [0.29, 0.717) is 10.2 Å². The number of benzene rings is 1. The van der Waals surface area contributed by atoms with E-state index in [0.717, 1.165) is 4.47 Å². The van der Waals surface area contributed by atoms with Gasteiger partial charge in [0.25, 0.3) is 0 Å². The zero-order valence-corrected chi connectivity index (χ0v) is 11.8. The van der Waals surface area contributed by atoms with Gasteiger partial charge in [0.1, 0.15) is 5.88 Å². The number of rotatable bonds is 2. The minimum absolute atomic E-state index is 0.257. The van der Waals surface area contributed by atoms with Gasteiger partial charge < -0.3 is 5.32 Å². The number of carbonyl (C=O) groups is 2. The number of hydrogen-bond acceptors (Lipinski definition) is 2. The molecule has 0 aliphatic carbocycles. The molecule has 0 unspecified atom stereocenters. The summed E-state index contributed by atoms with van der Waals surface area (Å²) in [5.74, 6) is -0.808. The third kappa shape index (κ3) is 4.11.